The first kappa shape index (κ1) is 16.9. The fourth-order valence-corrected chi connectivity index (χ4v) is 1.60. The molecule has 0 fully saturated rings. The molecule has 1 rings (SSSR count). The van der Waals surface area contributed by atoms with Crippen LogP contribution in [-0.2, 0) is 10.2 Å². The van der Waals surface area contributed by atoms with E-state index in [1.165, 1.54) is 5.56 Å². The van der Waals surface area contributed by atoms with Crippen molar-refractivity contribution in [2.24, 2.45) is 0 Å². The molecule has 0 unspecified atom stereocenters. The lowest BCUT2D eigenvalue weighted by molar-refractivity contribution is -0.117. The Bertz CT molecular complexity index is 382. The van der Waals surface area contributed by atoms with E-state index in [1.54, 1.807) is 19.0 Å². The lowest BCUT2D eigenvalue weighted by Gasteiger charge is -2.21. The maximum absolute atomic E-state index is 11.7. The molecule has 0 heterocycles. The average molecular weight is 271 g/mol. The first-order valence-corrected chi connectivity index (χ1v) is 5.88. The molecule has 102 valence electrons. The van der Waals surface area contributed by atoms with E-state index in [9.17, 15) is 4.79 Å². The van der Waals surface area contributed by atoms with Gasteiger partial charge >= 0.3 is 0 Å². The minimum atomic E-state index is 0. The van der Waals surface area contributed by atoms with Crippen molar-refractivity contribution in [2.75, 3.05) is 25.5 Å². The highest BCUT2D eigenvalue weighted by Crippen LogP contribution is 2.24. The Hall–Kier alpha value is -1.06. The smallest absolute Gasteiger partial charge is 0.240 e. The average Bonchev–Trinajstić information content (AvgIpc) is 2.27. The normalized spacial score (nSPS) is 10.7. The molecule has 0 spiro atoms. The highest BCUT2D eigenvalue weighted by atomic mass is 35.5. The largest absolute Gasteiger partial charge is 0.314 e. The van der Waals surface area contributed by atoms with Crippen LogP contribution in [0.25, 0.3) is 0 Å². The molecule has 0 bridgehead atoms. The second-order valence-electron chi connectivity index (χ2n) is 5.28. The van der Waals surface area contributed by atoms with Gasteiger partial charge in [-0.1, -0.05) is 32.9 Å². The predicted octanol–water partition coefficient (Wildman–Crippen LogP) is 2.59. The molecule has 1 amide bonds. The van der Waals surface area contributed by atoms with E-state index in [4.69, 9.17) is 0 Å². The Morgan fingerprint density at radius 2 is 1.72 bits per heavy atom. The molecule has 1 aromatic carbocycles. The number of carbonyl (C=O) groups is 1. The summed E-state index contributed by atoms with van der Waals surface area (Å²) < 4.78 is 0. The van der Waals surface area contributed by atoms with Gasteiger partial charge in [-0.05, 0) is 30.2 Å². The number of nitrogens with zero attached hydrogens (tertiary/aromatic N) is 1. The van der Waals surface area contributed by atoms with Crippen LogP contribution in [0, 0.1) is 0 Å². The van der Waals surface area contributed by atoms with Crippen LogP contribution >= 0.6 is 12.4 Å². The number of nitrogens with one attached hydrogen (secondary N) is 1. The SMILES string of the molecule is CNCC(=O)N(C)c1ccc(C(C)(C)C)cc1.Cl. The molecule has 0 radical (unpaired) electrons. The molecular formula is C14H23ClN2O. The number of carbonyl (C=O) groups excluding carboxylic acids is 1. The fourth-order valence-electron chi connectivity index (χ4n) is 1.60. The molecular weight excluding hydrogens is 248 g/mol. The van der Waals surface area contributed by atoms with Gasteiger partial charge in [0.05, 0.1) is 6.54 Å². The summed E-state index contributed by atoms with van der Waals surface area (Å²) in [5.74, 6) is 0.0657. The second kappa shape index (κ2) is 6.76. The quantitative estimate of drug-likeness (QED) is 0.916. The third kappa shape index (κ3) is 4.31. The monoisotopic (exact) mass is 270 g/mol. The molecule has 0 saturated heterocycles. The van der Waals surface area contributed by atoms with E-state index in [-0.39, 0.29) is 23.7 Å². The summed E-state index contributed by atoms with van der Waals surface area (Å²) in [6.07, 6.45) is 0. The highest BCUT2D eigenvalue weighted by Gasteiger charge is 2.14. The molecule has 0 aliphatic carbocycles. The molecule has 3 nitrogen and oxygen atoms in total. The third-order valence-corrected chi connectivity index (χ3v) is 2.82. The zero-order valence-electron chi connectivity index (χ0n) is 11.8. The van der Waals surface area contributed by atoms with Crippen molar-refractivity contribution in [3.8, 4) is 0 Å². The van der Waals surface area contributed by atoms with E-state index < -0.39 is 0 Å². The summed E-state index contributed by atoms with van der Waals surface area (Å²) in [5.41, 5.74) is 2.35. The summed E-state index contributed by atoms with van der Waals surface area (Å²) >= 11 is 0. The lowest BCUT2D eigenvalue weighted by atomic mass is 9.87. The van der Waals surface area contributed by atoms with Crippen molar-refractivity contribution >= 4 is 24.0 Å². The summed E-state index contributed by atoms with van der Waals surface area (Å²) in [6.45, 7) is 6.89. The number of likely N-dealkylation sites (N-methyl/N-ethyl adjacent to an activating group) is 2. The number of hydrogen-bond acceptors (Lipinski definition) is 2. The van der Waals surface area contributed by atoms with Gasteiger partial charge in [-0.3, -0.25) is 4.79 Å². The van der Waals surface area contributed by atoms with Gasteiger partial charge in [-0.15, -0.1) is 12.4 Å². The van der Waals surface area contributed by atoms with Crippen molar-refractivity contribution in [3.63, 3.8) is 0 Å². The fraction of sp³-hybridized carbons (Fsp3) is 0.500. The molecule has 4 heteroatoms. The van der Waals surface area contributed by atoms with Gasteiger partial charge in [0.25, 0.3) is 0 Å². The Morgan fingerprint density at radius 3 is 2.11 bits per heavy atom. The van der Waals surface area contributed by atoms with Crippen LogP contribution in [0.15, 0.2) is 24.3 Å². The Morgan fingerprint density at radius 1 is 1.22 bits per heavy atom. The summed E-state index contributed by atoms with van der Waals surface area (Å²) in [6, 6.07) is 8.15. The molecule has 1 aromatic rings. The Labute approximate surface area is 116 Å². The van der Waals surface area contributed by atoms with E-state index >= 15 is 0 Å². The zero-order valence-corrected chi connectivity index (χ0v) is 12.6. The van der Waals surface area contributed by atoms with E-state index in [2.05, 4.69) is 38.2 Å². The van der Waals surface area contributed by atoms with Crippen LogP contribution in [0.4, 0.5) is 5.69 Å². The van der Waals surface area contributed by atoms with Gasteiger partial charge in [0, 0.05) is 12.7 Å². The topological polar surface area (TPSA) is 32.3 Å². The lowest BCUT2D eigenvalue weighted by Crippen LogP contribution is -2.34. The van der Waals surface area contributed by atoms with Gasteiger partial charge in [0.15, 0.2) is 0 Å². The maximum Gasteiger partial charge on any atom is 0.240 e. The van der Waals surface area contributed by atoms with Crippen LogP contribution in [0.2, 0.25) is 0 Å². The van der Waals surface area contributed by atoms with Crippen molar-refractivity contribution in [3.05, 3.63) is 29.8 Å². The third-order valence-electron chi connectivity index (χ3n) is 2.82. The van der Waals surface area contributed by atoms with Gasteiger partial charge in [-0.25, -0.2) is 0 Å². The molecule has 18 heavy (non-hydrogen) atoms. The molecule has 0 aromatic heterocycles. The maximum atomic E-state index is 11.7. The van der Waals surface area contributed by atoms with Gasteiger partial charge in [0.1, 0.15) is 0 Å². The minimum Gasteiger partial charge on any atom is -0.314 e. The first-order valence-electron chi connectivity index (χ1n) is 5.88. The van der Waals surface area contributed by atoms with Gasteiger partial charge in [0.2, 0.25) is 5.91 Å². The second-order valence-corrected chi connectivity index (χ2v) is 5.28. The van der Waals surface area contributed by atoms with E-state index in [1.807, 2.05) is 12.1 Å². The number of benzene rings is 1. The number of hydrogen-bond donors (Lipinski definition) is 1. The zero-order chi connectivity index (χ0) is 13.1. The summed E-state index contributed by atoms with van der Waals surface area (Å²) in [7, 11) is 3.57. The summed E-state index contributed by atoms with van der Waals surface area (Å²) in [5, 5.41) is 2.86. The van der Waals surface area contributed by atoms with Gasteiger partial charge in [-0.2, -0.15) is 0 Å². The number of amides is 1. The van der Waals surface area contributed by atoms with Crippen LogP contribution < -0.4 is 10.2 Å². The van der Waals surface area contributed by atoms with Crippen molar-refractivity contribution in [2.45, 2.75) is 26.2 Å². The molecule has 0 saturated carbocycles. The van der Waals surface area contributed by atoms with Crippen molar-refractivity contribution in [1.82, 2.24) is 5.32 Å². The predicted molar refractivity (Wildman–Crippen MR) is 79.7 cm³/mol. The number of rotatable bonds is 3. The highest BCUT2D eigenvalue weighted by molar-refractivity contribution is 5.94. The number of halogens is 1. The van der Waals surface area contributed by atoms with Gasteiger partial charge < -0.3 is 10.2 Å². The van der Waals surface area contributed by atoms with Crippen LogP contribution in [0.5, 0.6) is 0 Å². The van der Waals surface area contributed by atoms with E-state index in [0.29, 0.717) is 6.54 Å². The minimum absolute atomic E-state index is 0. The molecule has 1 N–H and O–H groups in total. The van der Waals surface area contributed by atoms with Crippen LogP contribution in [0.3, 0.4) is 0 Å². The molecule has 0 aliphatic rings. The molecule has 0 atom stereocenters. The first-order chi connectivity index (χ1) is 7.86. The van der Waals surface area contributed by atoms with Crippen LogP contribution in [0.1, 0.15) is 26.3 Å². The van der Waals surface area contributed by atoms with E-state index in [0.717, 1.165) is 5.69 Å². The standard InChI is InChI=1S/C14H22N2O.ClH/c1-14(2,3)11-6-8-12(9-7-11)16(5)13(17)10-15-4;/h6-9,15H,10H2,1-5H3;1H. The Balaban J connectivity index is 0.00000289. The van der Waals surface area contributed by atoms with Crippen molar-refractivity contribution < 1.29 is 4.79 Å². The summed E-state index contributed by atoms with van der Waals surface area (Å²) in [4.78, 5) is 13.4. The Kier molecular flexibility index (Phi) is 6.36. The van der Waals surface area contributed by atoms with Crippen LogP contribution in [-0.4, -0.2) is 26.5 Å². The van der Waals surface area contributed by atoms with Crippen molar-refractivity contribution in [1.29, 1.82) is 0 Å². The number of anilines is 1. The molecule has 0 aliphatic heterocycles.